The van der Waals surface area contributed by atoms with Crippen LogP contribution < -0.4 is 10.5 Å². The van der Waals surface area contributed by atoms with E-state index in [1.165, 1.54) is 12.1 Å². The van der Waals surface area contributed by atoms with Gasteiger partial charge in [-0.25, -0.2) is 0 Å². The molecular weight excluding hydrogens is 244 g/mol. The van der Waals surface area contributed by atoms with E-state index >= 15 is 0 Å². The molecule has 0 unspecified atom stereocenters. The molecule has 18 heavy (non-hydrogen) atoms. The van der Waals surface area contributed by atoms with Gasteiger partial charge in [0, 0.05) is 12.0 Å². The van der Waals surface area contributed by atoms with Gasteiger partial charge in [0.25, 0.3) is 5.89 Å². The van der Waals surface area contributed by atoms with Gasteiger partial charge >= 0.3 is 6.61 Å². The van der Waals surface area contributed by atoms with Crippen molar-refractivity contribution in [1.82, 2.24) is 10.1 Å². The molecule has 5 nitrogen and oxygen atoms in total. The minimum atomic E-state index is -2.87. The molecule has 96 valence electrons. The van der Waals surface area contributed by atoms with E-state index in [9.17, 15) is 8.78 Å². The summed E-state index contributed by atoms with van der Waals surface area (Å²) in [5, 5.41) is 3.72. The fraction of sp³-hybridized carbons (Fsp3) is 0.273. The number of hydrogen-bond donors (Lipinski definition) is 1. The van der Waals surface area contributed by atoms with Crippen molar-refractivity contribution in [2.24, 2.45) is 5.73 Å². The van der Waals surface area contributed by atoms with Gasteiger partial charge in [-0.15, -0.1) is 0 Å². The van der Waals surface area contributed by atoms with Crippen LogP contribution in [0, 0.1) is 0 Å². The van der Waals surface area contributed by atoms with E-state index in [0.717, 1.165) is 0 Å². The summed E-state index contributed by atoms with van der Waals surface area (Å²) in [7, 11) is 0. The van der Waals surface area contributed by atoms with Crippen molar-refractivity contribution < 1.29 is 18.0 Å². The van der Waals surface area contributed by atoms with Crippen molar-refractivity contribution in [3.63, 3.8) is 0 Å². The van der Waals surface area contributed by atoms with Gasteiger partial charge in [0.15, 0.2) is 5.82 Å². The third-order valence-corrected chi connectivity index (χ3v) is 2.14. The quantitative estimate of drug-likeness (QED) is 0.882. The minimum absolute atomic E-state index is 0.0427. The molecule has 0 aliphatic carbocycles. The van der Waals surface area contributed by atoms with Gasteiger partial charge in [0.1, 0.15) is 5.75 Å². The highest BCUT2D eigenvalue weighted by molar-refractivity contribution is 5.55. The Bertz CT molecular complexity index is 516. The number of alkyl halides is 2. The Morgan fingerprint density at radius 1 is 1.39 bits per heavy atom. The Kier molecular flexibility index (Phi) is 3.83. The lowest BCUT2D eigenvalue weighted by atomic mass is 10.2. The molecule has 1 heterocycles. The predicted octanol–water partition coefficient (Wildman–Crippen LogP) is 1.84. The van der Waals surface area contributed by atoms with E-state index in [1.54, 1.807) is 12.1 Å². The number of rotatable bonds is 5. The first-order valence-electron chi connectivity index (χ1n) is 5.27. The fourth-order valence-electron chi connectivity index (χ4n) is 1.41. The first-order valence-corrected chi connectivity index (χ1v) is 5.27. The Morgan fingerprint density at radius 2 is 2.22 bits per heavy atom. The Labute approximate surface area is 102 Å². The fourth-order valence-corrected chi connectivity index (χ4v) is 1.41. The second kappa shape index (κ2) is 5.54. The maximum absolute atomic E-state index is 12.1. The molecule has 0 radical (unpaired) electrons. The second-order valence-corrected chi connectivity index (χ2v) is 3.46. The first kappa shape index (κ1) is 12.4. The van der Waals surface area contributed by atoms with Gasteiger partial charge < -0.3 is 15.0 Å². The van der Waals surface area contributed by atoms with Crippen molar-refractivity contribution in [1.29, 1.82) is 0 Å². The lowest BCUT2D eigenvalue weighted by molar-refractivity contribution is -0.0498. The number of ether oxygens (including phenoxy) is 1. The summed E-state index contributed by atoms with van der Waals surface area (Å²) in [5.74, 6) is 0.770. The molecular formula is C11H11F2N3O2. The van der Waals surface area contributed by atoms with E-state index in [2.05, 4.69) is 14.9 Å². The smallest absolute Gasteiger partial charge is 0.387 e. The van der Waals surface area contributed by atoms with Crippen LogP contribution in [0.1, 0.15) is 5.82 Å². The number of aromatic nitrogens is 2. The zero-order chi connectivity index (χ0) is 13.0. The monoisotopic (exact) mass is 255 g/mol. The van der Waals surface area contributed by atoms with Crippen LogP contribution in [0.5, 0.6) is 5.75 Å². The summed E-state index contributed by atoms with van der Waals surface area (Å²) in [6, 6.07) is 6.07. The van der Waals surface area contributed by atoms with Crippen molar-refractivity contribution in [3.05, 3.63) is 30.1 Å². The predicted molar refractivity (Wildman–Crippen MR) is 59.1 cm³/mol. The third kappa shape index (κ3) is 3.01. The van der Waals surface area contributed by atoms with Crippen LogP contribution in [-0.4, -0.2) is 23.3 Å². The van der Waals surface area contributed by atoms with Crippen LogP contribution in [0.15, 0.2) is 28.8 Å². The number of nitrogens with two attached hydrogens (primary N) is 1. The maximum atomic E-state index is 12.1. The summed E-state index contributed by atoms with van der Waals surface area (Å²) in [6.07, 6.45) is 0.497. The lowest BCUT2D eigenvalue weighted by Gasteiger charge is -2.04. The molecule has 1 aromatic heterocycles. The van der Waals surface area contributed by atoms with Crippen molar-refractivity contribution >= 4 is 0 Å². The molecule has 2 aromatic rings. The molecule has 2 rings (SSSR count). The van der Waals surface area contributed by atoms with E-state index in [4.69, 9.17) is 10.3 Å². The molecule has 0 saturated heterocycles. The Balaban J connectivity index is 2.21. The van der Waals surface area contributed by atoms with Crippen LogP contribution in [0.4, 0.5) is 8.78 Å². The van der Waals surface area contributed by atoms with Gasteiger partial charge in [0.2, 0.25) is 0 Å². The highest BCUT2D eigenvalue weighted by Crippen LogP contribution is 2.23. The van der Waals surface area contributed by atoms with Gasteiger partial charge in [-0.3, -0.25) is 0 Å². The van der Waals surface area contributed by atoms with Crippen LogP contribution in [0.3, 0.4) is 0 Å². The van der Waals surface area contributed by atoms with E-state index < -0.39 is 6.61 Å². The van der Waals surface area contributed by atoms with Crippen molar-refractivity contribution in [3.8, 4) is 17.2 Å². The Hall–Kier alpha value is -2.02. The van der Waals surface area contributed by atoms with Gasteiger partial charge in [0.05, 0.1) is 0 Å². The van der Waals surface area contributed by atoms with Crippen LogP contribution in [0.25, 0.3) is 11.5 Å². The molecule has 0 fully saturated rings. The zero-order valence-electron chi connectivity index (χ0n) is 9.35. The van der Waals surface area contributed by atoms with E-state index in [1.807, 2.05) is 0 Å². The highest BCUT2D eigenvalue weighted by atomic mass is 19.3. The minimum Gasteiger partial charge on any atom is -0.435 e. The molecule has 2 N–H and O–H groups in total. The van der Waals surface area contributed by atoms with Crippen molar-refractivity contribution in [2.45, 2.75) is 13.0 Å². The topological polar surface area (TPSA) is 74.2 Å². The normalized spacial score (nSPS) is 10.9. The average Bonchev–Trinajstić information content (AvgIpc) is 2.78. The molecule has 0 amide bonds. The lowest BCUT2D eigenvalue weighted by Crippen LogP contribution is -2.03. The molecule has 0 spiro atoms. The Morgan fingerprint density at radius 3 is 2.94 bits per heavy atom. The van der Waals surface area contributed by atoms with Crippen LogP contribution in [0.2, 0.25) is 0 Å². The molecule has 7 heteroatoms. The van der Waals surface area contributed by atoms with Gasteiger partial charge in [-0.1, -0.05) is 11.2 Å². The standard InChI is InChI=1S/C11H11F2N3O2/c12-11(13)17-8-3-1-2-7(6-8)10-15-9(4-5-14)16-18-10/h1-3,6,11H,4-5,14H2. The second-order valence-electron chi connectivity index (χ2n) is 3.46. The average molecular weight is 255 g/mol. The largest absolute Gasteiger partial charge is 0.435 e. The number of halogens is 2. The number of hydrogen-bond acceptors (Lipinski definition) is 5. The van der Waals surface area contributed by atoms with E-state index in [0.29, 0.717) is 24.4 Å². The molecule has 0 bridgehead atoms. The highest BCUT2D eigenvalue weighted by Gasteiger charge is 2.10. The summed E-state index contributed by atoms with van der Waals surface area (Å²) in [6.45, 7) is -2.45. The van der Waals surface area contributed by atoms with Crippen molar-refractivity contribution in [2.75, 3.05) is 6.54 Å². The SMILES string of the molecule is NCCc1noc(-c2cccc(OC(F)F)c2)n1. The summed E-state index contributed by atoms with van der Waals surface area (Å²) < 4.78 is 33.4. The third-order valence-electron chi connectivity index (χ3n) is 2.14. The molecule has 0 saturated carbocycles. The van der Waals surface area contributed by atoms with Crippen LogP contribution in [-0.2, 0) is 6.42 Å². The number of benzene rings is 1. The first-order chi connectivity index (χ1) is 8.69. The van der Waals surface area contributed by atoms with Crippen LogP contribution >= 0.6 is 0 Å². The summed E-state index contributed by atoms with van der Waals surface area (Å²) >= 11 is 0. The molecule has 1 aromatic carbocycles. The molecule has 0 atom stereocenters. The zero-order valence-corrected chi connectivity index (χ0v) is 9.35. The number of nitrogens with zero attached hydrogens (tertiary/aromatic N) is 2. The van der Waals surface area contributed by atoms with Gasteiger partial charge in [-0.05, 0) is 24.7 Å². The summed E-state index contributed by atoms with van der Waals surface area (Å²) in [4.78, 5) is 4.09. The van der Waals surface area contributed by atoms with E-state index in [-0.39, 0.29) is 11.6 Å². The molecule has 0 aliphatic rings. The molecule has 0 aliphatic heterocycles. The summed E-state index contributed by atoms with van der Waals surface area (Å²) in [5.41, 5.74) is 5.88. The maximum Gasteiger partial charge on any atom is 0.387 e. The van der Waals surface area contributed by atoms with Gasteiger partial charge in [-0.2, -0.15) is 13.8 Å².